The molecule has 0 unspecified atom stereocenters. The van der Waals surface area contributed by atoms with Gasteiger partial charge in [0, 0.05) is 9.84 Å². The van der Waals surface area contributed by atoms with Crippen molar-refractivity contribution in [3.63, 3.8) is 0 Å². The number of ether oxygens (including phenoxy) is 2. The van der Waals surface area contributed by atoms with Crippen LogP contribution in [-0.2, 0) is 9.47 Å². The van der Waals surface area contributed by atoms with Crippen LogP contribution in [-0.4, -0.2) is 35.5 Å². The van der Waals surface area contributed by atoms with Crippen LogP contribution in [0.25, 0.3) is 10.4 Å². The third-order valence-corrected chi connectivity index (χ3v) is 3.14. The van der Waals surface area contributed by atoms with Crippen molar-refractivity contribution < 1.29 is 14.4 Å². The summed E-state index contributed by atoms with van der Waals surface area (Å²) >= 11 is 0. The van der Waals surface area contributed by atoms with Crippen LogP contribution < -0.4 is 0 Å². The molecule has 0 aromatic rings. The van der Waals surface area contributed by atoms with E-state index in [1.807, 2.05) is 0 Å². The van der Waals surface area contributed by atoms with E-state index in [1.165, 1.54) is 0 Å². The van der Waals surface area contributed by atoms with Gasteiger partial charge in [0.25, 0.3) is 0 Å². The van der Waals surface area contributed by atoms with Gasteiger partial charge >= 0.3 is 0 Å². The van der Waals surface area contributed by atoms with Crippen molar-refractivity contribution in [1.29, 1.82) is 0 Å². The Morgan fingerprint density at radius 2 is 2.18 bits per heavy atom. The van der Waals surface area contributed by atoms with Gasteiger partial charge in [-0.2, -0.15) is 0 Å². The molecule has 1 saturated heterocycles. The van der Waals surface area contributed by atoms with Gasteiger partial charge in [-0.1, -0.05) is 5.11 Å². The Labute approximate surface area is 97.7 Å². The topological polar surface area (TPSA) is 110 Å². The molecule has 1 saturated carbocycles. The molecule has 1 aliphatic carbocycles. The fourth-order valence-electron chi connectivity index (χ4n) is 2.61. The number of azide groups is 1. The Bertz CT molecular complexity index is 379. The minimum Gasteiger partial charge on any atom is -0.344 e. The Kier molecular flexibility index (Phi) is 2.94. The van der Waals surface area contributed by atoms with Crippen LogP contribution in [0.4, 0.5) is 0 Å². The molecular weight excluding hydrogens is 228 g/mol. The van der Waals surface area contributed by atoms with Gasteiger partial charge in [-0.05, 0) is 25.8 Å². The summed E-state index contributed by atoms with van der Waals surface area (Å²) in [5.41, 5.74) is 8.47. The monoisotopic (exact) mass is 242 g/mol. The van der Waals surface area contributed by atoms with Crippen molar-refractivity contribution in [2.45, 2.75) is 44.3 Å². The van der Waals surface area contributed by atoms with Crippen molar-refractivity contribution in [2.24, 2.45) is 11.0 Å². The maximum Gasteiger partial charge on any atom is 0.209 e. The molecule has 0 spiro atoms. The molecular formula is C9H14N4O4. The largest absolute Gasteiger partial charge is 0.344 e. The fraction of sp³-hybridized carbons (Fsp3) is 1.00. The second-order valence-electron chi connectivity index (χ2n) is 4.85. The molecule has 8 nitrogen and oxygen atoms in total. The molecule has 2 rings (SSSR count). The summed E-state index contributed by atoms with van der Waals surface area (Å²) in [6.45, 7) is 3.32. The molecule has 0 aromatic heterocycles. The van der Waals surface area contributed by atoms with E-state index in [4.69, 9.17) is 15.0 Å². The molecule has 94 valence electrons. The molecule has 0 amide bonds. The van der Waals surface area contributed by atoms with E-state index >= 15 is 0 Å². The normalized spacial score (nSPS) is 38.5. The molecule has 2 aliphatic rings. The molecule has 0 bridgehead atoms. The lowest BCUT2D eigenvalue weighted by molar-refractivity contribution is -0.490. The maximum atomic E-state index is 10.6. The number of nitrogens with zero attached hydrogens (tertiary/aromatic N) is 4. The highest BCUT2D eigenvalue weighted by Crippen LogP contribution is 2.42. The molecule has 1 heterocycles. The summed E-state index contributed by atoms with van der Waals surface area (Å²) in [6, 6.07) is -0.378. The summed E-state index contributed by atoms with van der Waals surface area (Å²) in [5, 5.41) is 14.2. The summed E-state index contributed by atoms with van der Waals surface area (Å²) in [7, 11) is 0. The summed E-state index contributed by atoms with van der Waals surface area (Å²) < 4.78 is 11.3. The zero-order chi connectivity index (χ0) is 12.6. The van der Waals surface area contributed by atoms with E-state index in [0.717, 1.165) is 0 Å². The second kappa shape index (κ2) is 4.14. The van der Waals surface area contributed by atoms with Gasteiger partial charge in [-0.25, -0.2) is 0 Å². The number of nitro groups is 1. The lowest BCUT2D eigenvalue weighted by atomic mass is 10.1. The second-order valence-corrected chi connectivity index (χ2v) is 4.85. The fourth-order valence-corrected chi connectivity index (χ4v) is 2.61. The van der Waals surface area contributed by atoms with Gasteiger partial charge < -0.3 is 9.47 Å². The Hall–Kier alpha value is -1.37. The van der Waals surface area contributed by atoms with Crippen molar-refractivity contribution in [1.82, 2.24) is 0 Å². The van der Waals surface area contributed by atoms with Crippen molar-refractivity contribution in [2.75, 3.05) is 6.54 Å². The molecule has 1 aliphatic heterocycles. The molecule has 2 fully saturated rings. The molecule has 0 radical (unpaired) electrons. The van der Waals surface area contributed by atoms with E-state index in [9.17, 15) is 10.1 Å². The first-order valence-corrected chi connectivity index (χ1v) is 5.44. The minimum atomic E-state index is -0.770. The Morgan fingerprint density at radius 3 is 2.76 bits per heavy atom. The summed E-state index contributed by atoms with van der Waals surface area (Å²) in [6.07, 6.45) is -0.284. The van der Waals surface area contributed by atoms with Crippen molar-refractivity contribution in [3.8, 4) is 0 Å². The van der Waals surface area contributed by atoms with Gasteiger partial charge in [0.1, 0.15) is 0 Å². The molecule has 0 aromatic carbocycles. The SMILES string of the molecule is CC1(C)O[C@@H]2[C@@H](C[N+](=O)[O-])C[C@@H](N=[N+]=[N-])[C@@H]2O1. The van der Waals surface area contributed by atoms with Crippen LogP contribution in [0.1, 0.15) is 20.3 Å². The van der Waals surface area contributed by atoms with E-state index < -0.39 is 5.79 Å². The van der Waals surface area contributed by atoms with Crippen LogP contribution in [0.5, 0.6) is 0 Å². The molecule has 8 heteroatoms. The third kappa shape index (κ3) is 2.33. The molecule has 17 heavy (non-hydrogen) atoms. The first-order chi connectivity index (χ1) is 7.93. The third-order valence-electron chi connectivity index (χ3n) is 3.14. The van der Waals surface area contributed by atoms with E-state index in [-0.39, 0.29) is 35.6 Å². The van der Waals surface area contributed by atoms with E-state index in [0.29, 0.717) is 6.42 Å². The number of rotatable bonds is 3. The molecule has 0 N–H and O–H groups in total. The van der Waals surface area contributed by atoms with Gasteiger partial charge in [0.2, 0.25) is 6.54 Å². The predicted octanol–water partition coefficient (Wildman–Crippen LogP) is 1.48. The zero-order valence-electron chi connectivity index (χ0n) is 9.65. The number of fused-ring (bicyclic) bond motifs is 1. The summed E-state index contributed by atoms with van der Waals surface area (Å²) in [4.78, 5) is 13.0. The minimum absolute atomic E-state index is 0.182. The molecule has 4 atom stereocenters. The van der Waals surface area contributed by atoms with Crippen LogP contribution in [0.2, 0.25) is 0 Å². The highest BCUT2D eigenvalue weighted by molar-refractivity contribution is 5.01. The van der Waals surface area contributed by atoms with Crippen LogP contribution >= 0.6 is 0 Å². The highest BCUT2D eigenvalue weighted by atomic mass is 16.8. The first-order valence-electron chi connectivity index (χ1n) is 5.44. The van der Waals surface area contributed by atoms with Crippen LogP contribution in [0, 0.1) is 16.0 Å². The van der Waals surface area contributed by atoms with Gasteiger partial charge in [-0.15, -0.1) is 0 Å². The number of hydrogen-bond donors (Lipinski definition) is 0. The summed E-state index contributed by atoms with van der Waals surface area (Å²) in [5.74, 6) is -1.03. The maximum absolute atomic E-state index is 10.6. The lowest BCUT2D eigenvalue weighted by Crippen LogP contribution is -2.29. The quantitative estimate of drug-likeness (QED) is 0.245. The first kappa shape index (κ1) is 12.1. The smallest absolute Gasteiger partial charge is 0.209 e. The van der Waals surface area contributed by atoms with Gasteiger partial charge in [-0.3, -0.25) is 10.1 Å². The van der Waals surface area contributed by atoms with Gasteiger partial charge in [0.15, 0.2) is 5.79 Å². The average molecular weight is 242 g/mol. The Morgan fingerprint density at radius 1 is 1.53 bits per heavy atom. The number of hydrogen-bond acceptors (Lipinski definition) is 5. The average Bonchev–Trinajstić information content (AvgIpc) is 2.63. The Balaban J connectivity index is 2.17. The zero-order valence-corrected chi connectivity index (χ0v) is 9.65. The van der Waals surface area contributed by atoms with Crippen LogP contribution in [0.3, 0.4) is 0 Å². The highest BCUT2D eigenvalue weighted by Gasteiger charge is 2.55. The van der Waals surface area contributed by atoms with E-state index in [2.05, 4.69) is 10.0 Å². The lowest BCUT2D eigenvalue weighted by Gasteiger charge is -2.21. The van der Waals surface area contributed by atoms with E-state index in [1.54, 1.807) is 13.8 Å². The van der Waals surface area contributed by atoms with Crippen molar-refractivity contribution in [3.05, 3.63) is 20.6 Å². The predicted molar refractivity (Wildman–Crippen MR) is 56.7 cm³/mol. The van der Waals surface area contributed by atoms with Gasteiger partial charge in [0.05, 0.1) is 24.2 Å². The van der Waals surface area contributed by atoms with Crippen molar-refractivity contribution >= 4 is 0 Å². The van der Waals surface area contributed by atoms with Crippen LogP contribution in [0.15, 0.2) is 5.11 Å². The standard InChI is InChI=1S/C9H14N4O4/c1-9(2)16-7-5(4-13(14)15)3-6(11-12-10)8(7)17-9/h5-8H,3-4H2,1-2H3/t5-,6-,7-,8+/m1/s1.